The number of urea groups is 1. The first-order chi connectivity index (χ1) is 28.2. The Morgan fingerprint density at radius 3 is 1.90 bits per heavy atom. The number of carboxylic acids is 3. The largest absolute Gasteiger partial charge is 0.496 e. The number of benzene rings is 1. The van der Waals surface area contributed by atoms with Crippen LogP contribution in [-0.4, -0.2) is 146 Å². The molecule has 0 spiro atoms. The molecule has 13 N–H and O–H groups in total. The number of methoxy groups -OCH3 is 1. The molecule has 0 radical (unpaired) electrons. The average Bonchev–Trinajstić information content (AvgIpc) is 3.61. The van der Waals surface area contributed by atoms with Crippen molar-refractivity contribution in [1.82, 2.24) is 36.9 Å². The smallest absolute Gasteiger partial charge is 0.335 e. The van der Waals surface area contributed by atoms with Crippen LogP contribution in [0.25, 0.3) is 10.9 Å². The summed E-state index contributed by atoms with van der Waals surface area (Å²) in [4.78, 5) is 104. The van der Waals surface area contributed by atoms with E-state index in [1.807, 2.05) is 17.6 Å². The highest BCUT2D eigenvalue weighted by Gasteiger charge is 2.38. The summed E-state index contributed by atoms with van der Waals surface area (Å²) in [7, 11) is 1.39. The van der Waals surface area contributed by atoms with E-state index in [0.717, 1.165) is 19.3 Å². The Morgan fingerprint density at radius 1 is 0.733 bits per heavy atom. The molecule has 6 amide bonds. The van der Waals surface area contributed by atoms with Gasteiger partial charge >= 0.3 is 23.9 Å². The molecule has 1 aromatic carbocycles. The lowest BCUT2D eigenvalue weighted by atomic mass is 9.87. The molecule has 0 aliphatic rings. The van der Waals surface area contributed by atoms with Crippen molar-refractivity contribution in [3.05, 3.63) is 30.0 Å². The van der Waals surface area contributed by atoms with E-state index in [1.165, 1.54) is 13.3 Å². The van der Waals surface area contributed by atoms with Gasteiger partial charge in [-0.25, -0.2) is 19.2 Å². The number of carbonyl (C=O) groups excluding carboxylic acids is 5. The van der Waals surface area contributed by atoms with Crippen molar-refractivity contribution in [1.29, 1.82) is 0 Å². The summed E-state index contributed by atoms with van der Waals surface area (Å²) in [6.45, 7) is 5.21. The number of fused-ring (bicyclic) bond motifs is 1. The van der Waals surface area contributed by atoms with Gasteiger partial charge in [-0.1, -0.05) is 46.6 Å². The van der Waals surface area contributed by atoms with Gasteiger partial charge in [0.15, 0.2) is 12.2 Å². The molecular formula is C38H57N7O15. The van der Waals surface area contributed by atoms with Gasteiger partial charge in [-0.3, -0.25) is 19.2 Å². The number of H-pyrrole nitrogens is 1. The van der Waals surface area contributed by atoms with E-state index in [-0.39, 0.29) is 12.3 Å². The molecule has 2 rings (SSSR count). The molecule has 0 bridgehead atoms. The van der Waals surface area contributed by atoms with Crippen molar-refractivity contribution < 1.29 is 73.7 Å². The summed E-state index contributed by atoms with van der Waals surface area (Å²) >= 11 is 0. The quantitative estimate of drug-likeness (QED) is 0.0508. The number of aliphatic carboxylic acids is 3. The number of hydrogen-bond donors (Lipinski definition) is 13. The van der Waals surface area contributed by atoms with E-state index in [2.05, 4.69) is 40.1 Å². The van der Waals surface area contributed by atoms with Crippen LogP contribution in [0.2, 0.25) is 0 Å². The molecular weight excluding hydrogens is 794 g/mol. The molecule has 1 aromatic heterocycles. The molecule has 0 fully saturated rings. The number of ether oxygens (including phenoxy) is 1. The van der Waals surface area contributed by atoms with Gasteiger partial charge in [-0.05, 0) is 42.4 Å². The summed E-state index contributed by atoms with van der Waals surface area (Å²) in [5.74, 6) is -9.47. The predicted molar refractivity (Wildman–Crippen MR) is 211 cm³/mol. The van der Waals surface area contributed by atoms with E-state index >= 15 is 0 Å². The Morgan fingerprint density at radius 2 is 1.33 bits per heavy atom. The number of nitrogens with one attached hydrogen (secondary N) is 7. The third-order valence-electron chi connectivity index (χ3n) is 9.60. The highest BCUT2D eigenvalue weighted by molar-refractivity contribution is 5.97. The van der Waals surface area contributed by atoms with Crippen molar-refractivity contribution in [3.63, 3.8) is 0 Å². The summed E-state index contributed by atoms with van der Waals surface area (Å²) in [5.41, 5.74) is 0.937. The molecule has 9 atom stereocenters. The number of aliphatic hydroxyl groups excluding tert-OH is 3. The average molecular weight is 852 g/mol. The lowest BCUT2D eigenvalue weighted by molar-refractivity contribution is -0.153. The molecule has 0 saturated carbocycles. The molecule has 60 heavy (non-hydrogen) atoms. The minimum atomic E-state index is -2.69. The molecule has 334 valence electrons. The lowest BCUT2D eigenvalue weighted by Gasteiger charge is -2.26. The van der Waals surface area contributed by atoms with Crippen molar-refractivity contribution >= 4 is 58.5 Å². The number of carbonyl (C=O) groups is 8. The zero-order valence-corrected chi connectivity index (χ0v) is 34.0. The monoisotopic (exact) mass is 851 g/mol. The number of carboxylic acid groups (broad SMARTS) is 3. The van der Waals surface area contributed by atoms with Crippen molar-refractivity contribution in [2.75, 3.05) is 26.8 Å². The second-order valence-electron chi connectivity index (χ2n) is 14.7. The Kier molecular flexibility index (Phi) is 20.2. The molecule has 0 saturated heterocycles. The van der Waals surface area contributed by atoms with Crippen LogP contribution in [0.3, 0.4) is 0 Å². The van der Waals surface area contributed by atoms with Crippen LogP contribution in [0.4, 0.5) is 4.79 Å². The Hall–Kier alpha value is -6.00. The highest BCUT2D eigenvalue weighted by Crippen LogP contribution is 2.29. The van der Waals surface area contributed by atoms with Gasteiger partial charge < -0.3 is 72.3 Å². The van der Waals surface area contributed by atoms with Crippen LogP contribution >= 0.6 is 0 Å². The van der Waals surface area contributed by atoms with E-state index in [1.54, 1.807) is 25.1 Å². The van der Waals surface area contributed by atoms with E-state index < -0.39 is 110 Å². The van der Waals surface area contributed by atoms with Gasteiger partial charge in [0.2, 0.25) is 17.7 Å². The molecule has 22 heteroatoms. The van der Waals surface area contributed by atoms with Gasteiger partial charge in [0, 0.05) is 36.0 Å². The zero-order valence-electron chi connectivity index (χ0n) is 34.0. The number of hydrogen-bond acceptors (Lipinski definition) is 12. The number of aromatic amines is 1. The molecule has 22 nitrogen and oxygen atoms in total. The molecule has 1 heterocycles. The lowest BCUT2D eigenvalue weighted by Crippen LogP contribution is -2.63. The Labute approximate surface area is 345 Å². The maximum atomic E-state index is 13.5. The first-order valence-electron chi connectivity index (χ1n) is 19.3. The van der Waals surface area contributed by atoms with Crippen LogP contribution in [0.5, 0.6) is 5.75 Å². The van der Waals surface area contributed by atoms with E-state index in [4.69, 9.17) is 4.74 Å². The maximum Gasteiger partial charge on any atom is 0.335 e. The first-order valence-corrected chi connectivity index (χ1v) is 19.3. The first kappa shape index (κ1) is 50.1. The Balaban J connectivity index is 2.19. The summed E-state index contributed by atoms with van der Waals surface area (Å²) in [5, 5.41) is 71.8. The Bertz CT molecular complexity index is 1820. The van der Waals surface area contributed by atoms with Crippen LogP contribution in [0.1, 0.15) is 58.9 Å². The van der Waals surface area contributed by atoms with Gasteiger partial charge in [0.05, 0.1) is 20.3 Å². The second kappa shape index (κ2) is 24.2. The highest BCUT2D eigenvalue weighted by atomic mass is 16.5. The standard InChI is InChI=1S/C38H57N7O15/c1-6-8-18(2)11-19(3)12-20(4)31(49)44-25(36(55)56)16-41-38(59)40-15-24(43-33(51)26(47)17-46)32(50)45-29(30(48)37(57)58)34(52)42-23(35(53)54)13-21-14-39-22-9-7-10-27(60-5)28(21)22/h7,9-10,14,18-20,23-26,29-30,39,46-48H,6,8,11-13,15-17H2,1-5H3,(H,42,52)(H,43,51)(H,44,49)(H,45,50)(H,53,54)(H,55,56)(H,57,58)(H2,40,41,59). The summed E-state index contributed by atoms with van der Waals surface area (Å²) < 4.78 is 5.35. The molecule has 9 unspecified atom stereocenters. The number of aliphatic hydroxyl groups is 3. The number of amides is 6. The van der Waals surface area contributed by atoms with Gasteiger partial charge in [0.1, 0.15) is 29.9 Å². The summed E-state index contributed by atoms with van der Waals surface area (Å²) in [6, 6.07) is -3.87. The van der Waals surface area contributed by atoms with Crippen LogP contribution in [0.15, 0.2) is 24.4 Å². The summed E-state index contributed by atoms with van der Waals surface area (Å²) in [6.07, 6.45) is -0.263. The topological polar surface area (TPSA) is 355 Å². The van der Waals surface area contributed by atoms with Gasteiger partial charge in [-0.15, -0.1) is 0 Å². The van der Waals surface area contributed by atoms with Crippen molar-refractivity contribution in [2.45, 2.75) is 96.2 Å². The minimum Gasteiger partial charge on any atom is -0.496 e. The van der Waals surface area contributed by atoms with E-state index in [0.29, 0.717) is 34.6 Å². The van der Waals surface area contributed by atoms with Crippen LogP contribution in [0, 0.1) is 17.8 Å². The maximum absolute atomic E-state index is 13.5. The SMILES string of the molecule is CCCC(C)CC(C)CC(C)C(=O)NC(CNC(=O)NCC(NC(=O)C(O)CO)C(=O)NC(C(=O)NC(Cc1c[nH]c2cccc(OC)c12)C(=O)O)C(O)C(=O)O)C(=O)O. The fourth-order valence-corrected chi connectivity index (χ4v) is 6.55. The predicted octanol–water partition coefficient (Wildman–Crippen LogP) is -1.59. The molecule has 0 aliphatic carbocycles. The zero-order chi connectivity index (χ0) is 45.3. The van der Waals surface area contributed by atoms with Crippen molar-refractivity contribution in [2.24, 2.45) is 17.8 Å². The fourth-order valence-electron chi connectivity index (χ4n) is 6.55. The fraction of sp³-hybridized carbons (Fsp3) is 0.579. The van der Waals surface area contributed by atoms with Crippen LogP contribution in [-0.2, 0) is 40.0 Å². The van der Waals surface area contributed by atoms with Gasteiger partial charge in [0.25, 0.3) is 5.91 Å². The third kappa shape index (κ3) is 15.3. The van der Waals surface area contributed by atoms with Crippen molar-refractivity contribution in [3.8, 4) is 5.75 Å². The third-order valence-corrected chi connectivity index (χ3v) is 9.60. The molecule has 0 aliphatic heterocycles. The number of rotatable bonds is 26. The van der Waals surface area contributed by atoms with Gasteiger partial charge in [-0.2, -0.15) is 0 Å². The molecule has 2 aromatic rings. The van der Waals surface area contributed by atoms with E-state index in [9.17, 15) is 69.0 Å². The number of aromatic nitrogens is 1. The second-order valence-corrected chi connectivity index (χ2v) is 14.7. The minimum absolute atomic E-state index is 0.184. The normalized spacial score (nSPS) is 15.7. The van der Waals surface area contributed by atoms with Crippen LogP contribution < -0.4 is 36.6 Å².